The molecule has 1 aliphatic rings. The molecule has 1 aliphatic heterocycles. The van der Waals surface area contributed by atoms with Gasteiger partial charge in [-0.1, -0.05) is 48.6 Å². The van der Waals surface area contributed by atoms with Crippen LogP contribution in [0.15, 0.2) is 70.5 Å². The van der Waals surface area contributed by atoms with Crippen molar-refractivity contribution in [2.24, 2.45) is 10.3 Å². The predicted molar refractivity (Wildman–Crippen MR) is 131 cm³/mol. The van der Waals surface area contributed by atoms with E-state index in [0.29, 0.717) is 11.3 Å². The highest BCUT2D eigenvalue weighted by atomic mass is 32.2. The number of hydrogen-bond acceptors (Lipinski definition) is 6. The van der Waals surface area contributed by atoms with E-state index < -0.39 is 20.0 Å². The maximum atomic E-state index is 12.3. The summed E-state index contributed by atoms with van der Waals surface area (Å²) in [6.45, 7) is 3.47. The largest absolute Gasteiger partial charge is 0.486 e. The maximum Gasteiger partial charge on any atom is 0.238 e. The summed E-state index contributed by atoms with van der Waals surface area (Å²) in [6.07, 6.45) is 2.64. The zero-order valence-corrected chi connectivity index (χ0v) is 20.1. The van der Waals surface area contributed by atoms with E-state index in [-0.39, 0.29) is 21.5 Å². The lowest BCUT2D eigenvalue weighted by molar-refractivity contribution is 0.225. The maximum absolute atomic E-state index is 12.3. The lowest BCUT2D eigenvalue weighted by Crippen LogP contribution is -2.14. The van der Waals surface area contributed by atoms with Crippen molar-refractivity contribution in [3.05, 3.63) is 88.5 Å². The Bertz CT molecular complexity index is 1480. The SMILES string of the molecule is CC(Oc1ccc(C=Cc2ccccc2S(N)(=O)=O)c(S(N)(=O)=O)c1)c1cccc2c1CNC2. The zero-order valence-electron chi connectivity index (χ0n) is 18.4. The lowest BCUT2D eigenvalue weighted by atomic mass is 10.00. The summed E-state index contributed by atoms with van der Waals surface area (Å²) < 4.78 is 54.4. The molecule has 1 unspecified atom stereocenters. The molecule has 0 fully saturated rings. The van der Waals surface area contributed by atoms with E-state index >= 15 is 0 Å². The van der Waals surface area contributed by atoms with Crippen molar-refractivity contribution in [1.29, 1.82) is 0 Å². The Morgan fingerprint density at radius 1 is 0.853 bits per heavy atom. The first-order valence-corrected chi connectivity index (χ1v) is 13.6. The highest BCUT2D eigenvalue weighted by Crippen LogP contribution is 2.31. The van der Waals surface area contributed by atoms with Crippen molar-refractivity contribution in [1.82, 2.24) is 5.32 Å². The Morgan fingerprint density at radius 3 is 2.24 bits per heavy atom. The Kier molecular flexibility index (Phi) is 6.61. The van der Waals surface area contributed by atoms with Crippen LogP contribution in [0.1, 0.15) is 40.8 Å². The van der Waals surface area contributed by atoms with E-state index in [1.165, 1.54) is 35.4 Å². The third kappa shape index (κ3) is 5.21. The monoisotopic (exact) mass is 499 g/mol. The number of benzene rings is 3. The van der Waals surface area contributed by atoms with Crippen LogP contribution in [0.25, 0.3) is 12.2 Å². The molecule has 0 amide bonds. The number of hydrogen-bond donors (Lipinski definition) is 3. The quantitative estimate of drug-likeness (QED) is 0.427. The number of nitrogens with one attached hydrogen (secondary N) is 1. The normalized spacial score (nSPS) is 14.8. The molecule has 4 rings (SSSR count). The minimum Gasteiger partial charge on any atom is -0.486 e. The van der Waals surface area contributed by atoms with Crippen LogP contribution in [-0.4, -0.2) is 16.8 Å². The third-order valence-electron chi connectivity index (χ3n) is 5.64. The van der Waals surface area contributed by atoms with Gasteiger partial charge in [-0.3, -0.25) is 0 Å². The standard InChI is InChI=1S/C24H25N3O5S2/c1-16(21-7-4-6-19-14-27-15-22(19)21)32-20-12-11-18(24(13-20)34(26,30)31)10-9-17-5-2-3-8-23(17)33(25,28)29/h2-13,16,27H,14-15H2,1H3,(H2,25,28,29)(H2,26,30,31). The van der Waals surface area contributed by atoms with Gasteiger partial charge in [-0.15, -0.1) is 0 Å². The van der Waals surface area contributed by atoms with Gasteiger partial charge in [0.05, 0.1) is 9.79 Å². The molecule has 1 atom stereocenters. The van der Waals surface area contributed by atoms with Crippen molar-refractivity contribution in [2.45, 2.75) is 35.9 Å². The number of rotatable bonds is 7. The molecule has 178 valence electrons. The zero-order chi connectivity index (χ0) is 24.5. The summed E-state index contributed by atoms with van der Waals surface area (Å²) in [4.78, 5) is -0.205. The fraction of sp³-hybridized carbons (Fsp3) is 0.167. The molecule has 3 aromatic carbocycles. The predicted octanol–water partition coefficient (Wildman–Crippen LogP) is 2.90. The molecule has 0 aliphatic carbocycles. The van der Waals surface area contributed by atoms with Gasteiger partial charge in [0.1, 0.15) is 11.9 Å². The van der Waals surface area contributed by atoms with Gasteiger partial charge in [-0.25, -0.2) is 27.1 Å². The Morgan fingerprint density at radius 2 is 1.53 bits per heavy atom. The molecule has 0 aromatic heterocycles. The van der Waals surface area contributed by atoms with Crippen molar-refractivity contribution in [3.8, 4) is 5.75 Å². The van der Waals surface area contributed by atoms with Crippen LogP contribution >= 0.6 is 0 Å². The molecule has 10 heteroatoms. The first-order chi connectivity index (χ1) is 16.0. The van der Waals surface area contributed by atoms with Crippen LogP contribution in [-0.2, 0) is 33.1 Å². The van der Waals surface area contributed by atoms with Crippen LogP contribution in [0.2, 0.25) is 0 Å². The van der Waals surface area contributed by atoms with Gasteiger partial charge in [0.2, 0.25) is 20.0 Å². The number of sulfonamides is 2. The van der Waals surface area contributed by atoms with Gasteiger partial charge in [0.15, 0.2) is 0 Å². The van der Waals surface area contributed by atoms with Gasteiger partial charge in [0.25, 0.3) is 0 Å². The molecular weight excluding hydrogens is 474 g/mol. The molecule has 0 saturated heterocycles. The van der Waals surface area contributed by atoms with E-state index in [1.54, 1.807) is 30.3 Å². The first-order valence-electron chi connectivity index (χ1n) is 10.5. The third-order valence-corrected chi connectivity index (χ3v) is 7.59. The second-order valence-electron chi connectivity index (χ2n) is 8.01. The fourth-order valence-electron chi connectivity index (χ4n) is 4.04. The lowest BCUT2D eigenvalue weighted by Gasteiger charge is -2.19. The van der Waals surface area contributed by atoms with Gasteiger partial charge in [-0.05, 0) is 52.9 Å². The number of ether oxygens (including phenoxy) is 1. The summed E-state index contributed by atoms with van der Waals surface area (Å²) in [5.41, 5.74) is 4.05. The number of nitrogens with two attached hydrogens (primary N) is 2. The van der Waals surface area contributed by atoms with Crippen LogP contribution in [0.5, 0.6) is 5.75 Å². The van der Waals surface area contributed by atoms with Crippen LogP contribution in [0, 0.1) is 0 Å². The molecule has 8 nitrogen and oxygen atoms in total. The summed E-state index contributed by atoms with van der Waals surface area (Å²) in [7, 11) is -8.04. The minimum absolute atomic E-state index is 0.0675. The van der Waals surface area contributed by atoms with Gasteiger partial charge >= 0.3 is 0 Å². The van der Waals surface area contributed by atoms with Crippen LogP contribution < -0.4 is 20.3 Å². The van der Waals surface area contributed by atoms with Gasteiger partial charge < -0.3 is 10.1 Å². The molecule has 0 saturated carbocycles. The molecule has 0 spiro atoms. The first kappa shape index (κ1) is 24.1. The van der Waals surface area contributed by atoms with E-state index in [9.17, 15) is 16.8 Å². The van der Waals surface area contributed by atoms with Crippen LogP contribution in [0.4, 0.5) is 0 Å². The average Bonchev–Trinajstić information content (AvgIpc) is 3.26. The highest BCUT2D eigenvalue weighted by Gasteiger charge is 2.20. The van der Waals surface area contributed by atoms with E-state index in [0.717, 1.165) is 18.7 Å². The molecular formula is C24H25N3O5S2. The van der Waals surface area contributed by atoms with Crippen molar-refractivity contribution in [3.63, 3.8) is 0 Å². The Hall–Kier alpha value is -3.02. The van der Waals surface area contributed by atoms with E-state index in [4.69, 9.17) is 15.0 Å². The van der Waals surface area contributed by atoms with E-state index in [2.05, 4.69) is 11.4 Å². The summed E-state index contributed by atoms with van der Waals surface area (Å²) >= 11 is 0. The molecule has 1 heterocycles. The molecule has 0 bridgehead atoms. The Balaban J connectivity index is 1.66. The van der Waals surface area contributed by atoms with Crippen molar-refractivity contribution >= 4 is 32.2 Å². The van der Waals surface area contributed by atoms with Crippen molar-refractivity contribution < 1.29 is 21.6 Å². The fourth-order valence-corrected chi connectivity index (χ4v) is 5.51. The molecule has 0 radical (unpaired) electrons. The van der Waals surface area contributed by atoms with Gasteiger partial charge in [0, 0.05) is 19.2 Å². The highest BCUT2D eigenvalue weighted by molar-refractivity contribution is 7.89. The summed E-state index contributed by atoms with van der Waals surface area (Å²) in [6, 6.07) is 16.8. The molecule has 34 heavy (non-hydrogen) atoms. The second kappa shape index (κ2) is 9.32. The summed E-state index contributed by atoms with van der Waals surface area (Å²) in [5.74, 6) is 0.349. The van der Waals surface area contributed by atoms with Crippen molar-refractivity contribution in [2.75, 3.05) is 0 Å². The molecule has 3 aromatic rings. The second-order valence-corrected chi connectivity index (χ2v) is 11.1. The summed E-state index contributed by atoms with van der Waals surface area (Å²) in [5, 5.41) is 14.1. The van der Waals surface area contributed by atoms with E-state index in [1.807, 2.05) is 19.1 Å². The van der Waals surface area contributed by atoms with Gasteiger partial charge in [-0.2, -0.15) is 0 Å². The molecule has 5 N–H and O–H groups in total. The smallest absolute Gasteiger partial charge is 0.238 e. The Labute approximate surface area is 199 Å². The minimum atomic E-state index is -4.09. The van der Waals surface area contributed by atoms with Crippen LogP contribution in [0.3, 0.4) is 0 Å². The number of fused-ring (bicyclic) bond motifs is 1. The average molecular weight is 500 g/mol. The topological polar surface area (TPSA) is 142 Å². The number of primary sulfonamides is 2.